The van der Waals surface area contributed by atoms with Gasteiger partial charge in [0.15, 0.2) is 0 Å². The summed E-state index contributed by atoms with van der Waals surface area (Å²) in [7, 11) is 1.66. The van der Waals surface area contributed by atoms with Crippen LogP contribution in [0, 0.1) is 5.82 Å². The molecule has 1 fully saturated rings. The van der Waals surface area contributed by atoms with E-state index < -0.39 is 5.79 Å². The summed E-state index contributed by atoms with van der Waals surface area (Å²) < 4.78 is 26.0. The second-order valence-electron chi connectivity index (χ2n) is 5.44. The summed E-state index contributed by atoms with van der Waals surface area (Å²) in [6.45, 7) is 1.69. The van der Waals surface area contributed by atoms with Crippen molar-refractivity contribution in [1.82, 2.24) is 5.32 Å². The van der Waals surface area contributed by atoms with E-state index in [1.807, 2.05) is 30.3 Å². The summed E-state index contributed by atoms with van der Waals surface area (Å²) in [5.74, 6) is -0.251. The van der Waals surface area contributed by atoms with Crippen molar-refractivity contribution >= 4 is 0 Å². The molecule has 0 bridgehead atoms. The van der Waals surface area contributed by atoms with E-state index in [0.717, 1.165) is 31.5 Å². The van der Waals surface area contributed by atoms with Gasteiger partial charge in [-0.2, -0.15) is 0 Å². The molecule has 1 heterocycles. The van der Waals surface area contributed by atoms with Gasteiger partial charge in [-0.05, 0) is 12.1 Å². The SMILES string of the molecule is COC1(Oc2ccccc2-c2ccccc2F)CCNCC1. The van der Waals surface area contributed by atoms with Crippen LogP contribution in [0.25, 0.3) is 11.1 Å². The number of hydrogen-bond donors (Lipinski definition) is 1. The smallest absolute Gasteiger partial charge is 0.212 e. The lowest BCUT2D eigenvalue weighted by atomic mass is 10.0. The highest BCUT2D eigenvalue weighted by atomic mass is 19.1. The third kappa shape index (κ3) is 2.98. The largest absolute Gasteiger partial charge is 0.462 e. The zero-order valence-corrected chi connectivity index (χ0v) is 12.6. The highest BCUT2D eigenvalue weighted by Gasteiger charge is 2.34. The van der Waals surface area contributed by atoms with Gasteiger partial charge in [-0.1, -0.05) is 36.4 Å². The Morgan fingerprint density at radius 3 is 2.27 bits per heavy atom. The molecule has 0 amide bonds. The lowest BCUT2D eigenvalue weighted by molar-refractivity contribution is -0.178. The number of halogens is 1. The molecule has 3 rings (SSSR count). The Kier molecular flexibility index (Phi) is 4.41. The van der Waals surface area contributed by atoms with Crippen LogP contribution in [-0.4, -0.2) is 26.0 Å². The highest BCUT2D eigenvalue weighted by molar-refractivity contribution is 5.70. The van der Waals surface area contributed by atoms with E-state index in [2.05, 4.69) is 5.32 Å². The predicted octanol–water partition coefficient (Wildman–Crippen LogP) is 3.60. The molecule has 2 aromatic carbocycles. The lowest BCUT2D eigenvalue weighted by Gasteiger charge is -2.37. The van der Waals surface area contributed by atoms with Crippen LogP contribution in [0.3, 0.4) is 0 Å². The molecule has 0 saturated carbocycles. The number of rotatable bonds is 4. The van der Waals surface area contributed by atoms with E-state index in [9.17, 15) is 4.39 Å². The van der Waals surface area contributed by atoms with Gasteiger partial charge in [0, 0.05) is 44.2 Å². The summed E-state index contributed by atoms with van der Waals surface area (Å²) in [5, 5.41) is 3.30. The monoisotopic (exact) mass is 301 g/mol. The molecule has 0 aromatic heterocycles. The first-order valence-electron chi connectivity index (χ1n) is 7.53. The maximum Gasteiger partial charge on any atom is 0.212 e. The van der Waals surface area contributed by atoms with Gasteiger partial charge in [0.05, 0.1) is 0 Å². The van der Waals surface area contributed by atoms with Gasteiger partial charge in [0.1, 0.15) is 11.6 Å². The number of para-hydroxylation sites is 1. The summed E-state index contributed by atoms with van der Waals surface area (Å²) in [4.78, 5) is 0. The molecule has 3 nitrogen and oxygen atoms in total. The van der Waals surface area contributed by atoms with Gasteiger partial charge >= 0.3 is 0 Å². The van der Waals surface area contributed by atoms with E-state index in [1.54, 1.807) is 19.2 Å². The maximum atomic E-state index is 14.1. The predicted molar refractivity (Wildman–Crippen MR) is 84.3 cm³/mol. The van der Waals surface area contributed by atoms with Crippen molar-refractivity contribution in [2.45, 2.75) is 18.6 Å². The van der Waals surface area contributed by atoms with Crippen LogP contribution in [0.2, 0.25) is 0 Å². The van der Waals surface area contributed by atoms with Crippen molar-refractivity contribution < 1.29 is 13.9 Å². The molecule has 4 heteroatoms. The van der Waals surface area contributed by atoms with Gasteiger partial charge in [-0.15, -0.1) is 0 Å². The van der Waals surface area contributed by atoms with Crippen molar-refractivity contribution in [3.8, 4) is 16.9 Å². The molecule has 0 spiro atoms. The summed E-state index contributed by atoms with van der Waals surface area (Å²) >= 11 is 0. The van der Waals surface area contributed by atoms with Crippen molar-refractivity contribution in [2.75, 3.05) is 20.2 Å². The maximum absolute atomic E-state index is 14.1. The summed E-state index contributed by atoms with van der Waals surface area (Å²) in [6, 6.07) is 14.3. The van der Waals surface area contributed by atoms with Crippen LogP contribution in [0.4, 0.5) is 4.39 Å². The first kappa shape index (κ1) is 15.0. The number of benzene rings is 2. The second kappa shape index (κ2) is 6.46. The van der Waals surface area contributed by atoms with E-state index in [0.29, 0.717) is 11.3 Å². The van der Waals surface area contributed by atoms with Gasteiger partial charge in [-0.3, -0.25) is 0 Å². The Morgan fingerprint density at radius 2 is 1.59 bits per heavy atom. The van der Waals surface area contributed by atoms with E-state index in [4.69, 9.17) is 9.47 Å². The Balaban J connectivity index is 1.96. The number of ether oxygens (including phenoxy) is 2. The summed E-state index contributed by atoms with van der Waals surface area (Å²) in [5.41, 5.74) is 1.29. The molecule has 116 valence electrons. The van der Waals surface area contributed by atoms with Crippen molar-refractivity contribution in [1.29, 1.82) is 0 Å². The zero-order chi connectivity index (χ0) is 15.4. The molecule has 1 N–H and O–H groups in total. The molecular weight excluding hydrogens is 281 g/mol. The minimum atomic E-state index is -0.646. The topological polar surface area (TPSA) is 30.5 Å². The molecule has 0 atom stereocenters. The van der Waals surface area contributed by atoms with Crippen LogP contribution < -0.4 is 10.1 Å². The Bertz CT molecular complexity index is 638. The van der Waals surface area contributed by atoms with Gasteiger partial charge in [-0.25, -0.2) is 4.39 Å². The Morgan fingerprint density at radius 1 is 0.955 bits per heavy atom. The minimum Gasteiger partial charge on any atom is -0.462 e. The fourth-order valence-corrected chi connectivity index (χ4v) is 2.81. The van der Waals surface area contributed by atoms with Crippen LogP contribution in [0.15, 0.2) is 48.5 Å². The highest BCUT2D eigenvalue weighted by Crippen LogP contribution is 2.36. The Hall–Kier alpha value is -1.91. The molecule has 2 aromatic rings. The molecule has 22 heavy (non-hydrogen) atoms. The first-order valence-corrected chi connectivity index (χ1v) is 7.53. The zero-order valence-electron chi connectivity index (χ0n) is 12.6. The molecular formula is C18H20FNO2. The minimum absolute atomic E-state index is 0.254. The van der Waals surface area contributed by atoms with Crippen molar-refractivity contribution in [2.24, 2.45) is 0 Å². The van der Waals surface area contributed by atoms with Gasteiger partial charge in [0.25, 0.3) is 0 Å². The lowest BCUT2D eigenvalue weighted by Crippen LogP contribution is -2.47. The molecule has 0 unspecified atom stereocenters. The fraction of sp³-hybridized carbons (Fsp3) is 0.333. The number of methoxy groups -OCH3 is 1. The molecule has 0 aliphatic carbocycles. The van der Waals surface area contributed by atoms with Crippen LogP contribution in [0.1, 0.15) is 12.8 Å². The first-order chi connectivity index (χ1) is 10.7. The number of piperidine rings is 1. The molecule has 1 saturated heterocycles. The van der Waals surface area contributed by atoms with Crippen molar-refractivity contribution in [3.63, 3.8) is 0 Å². The molecule has 1 aliphatic rings. The Labute approximate surface area is 130 Å². The van der Waals surface area contributed by atoms with Gasteiger partial charge in [0.2, 0.25) is 5.79 Å². The normalized spacial score (nSPS) is 17.2. The number of nitrogens with one attached hydrogen (secondary N) is 1. The van der Waals surface area contributed by atoms with Crippen LogP contribution in [-0.2, 0) is 4.74 Å². The standard InChI is InChI=1S/C18H20FNO2/c1-21-18(10-12-20-13-11-18)22-17-9-5-3-7-15(17)14-6-2-4-8-16(14)19/h2-9,20H,10-13H2,1H3. The van der Waals surface area contributed by atoms with Crippen molar-refractivity contribution in [3.05, 3.63) is 54.3 Å². The summed E-state index contributed by atoms with van der Waals surface area (Å²) in [6.07, 6.45) is 1.52. The van der Waals surface area contributed by atoms with E-state index >= 15 is 0 Å². The number of hydrogen-bond acceptors (Lipinski definition) is 3. The third-order valence-corrected chi connectivity index (χ3v) is 4.08. The van der Waals surface area contributed by atoms with Gasteiger partial charge < -0.3 is 14.8 Å². The average Bonchev–Trinajstić information content (AvgIpc) is 2.57. The second-order valence-corrected chi connectivity index (χ2v) is 5.44. The van der Waals surface area contributed by atoms with E-state index in [-0.39, 0.29) is 5.82 Å². The van der Waals surface area contributed by atoms with Crippen LogP contribution >= 0.6 is 0 Å². The molecule has 0 radical (unpaired) electrons. The molecule has 1 aliphatic heterocycles. The van der Waals surface area contributed by atoms with Crippen LogP contribution in [0.5, 0.6) is 5.75 Å². The average molecular weight is 301 g/mol. The quantitative estimate of drug-likeness (QED) is 0.875. The van der Waals surface area contributed by atoms with E-state index in [1.165, 1.54) is 6.07 Å². The fourth-order valence-electron chi connectivity index (χ4n) is 2.81. The third-order valence-electron chi connectivity index (χ3n) is 4.08.